The molecule has 2 aromatic carbocycles. The van der Waals surface area contributed by atoms with Crippen LogP contribution in [0.2, 0.25) is 0 Å². The number of halogens is 3. The quantitative estimate of drug-likeness (QED) is 0.699. The van der Waals surface area contributed by atoms with Gasteiger partial charge in [0.25, 0.3) is 5.91 Å². The first-order chi connectivity index (χ1) is 14.0. The zero-order chi connectivity index (χ0) is 20.4. The minimum Gasteiger partial charge on any atom is -0.355 e. The molecule has 1 saturated heterocycles. The van der Waals surface area contributed by atoms with E-state index in [1.54, 1.807) is 12.1 Å². The van der Waals surface area contributed by atoms with Crippen LogP contribution in [0.25, 0.3) is 11.3 Å². The van der Waals surface area contributed by atoms with Crippen molar-refractivity contribution in [3.05, 3.63) is 71.5 Å². The lowest BCUT2D eigenvalue weighted by atomic mass is 10.0. The lowest BCUT2D eigenvalue weighted by molar-refractivity contribution is 0.0930. The molecule has 3 aromatic rings. The molecular weight excluding hydrogens is 381 g/mol. The molecule has 5 nitrogen and oxygen atoms in total. The van der Waals surface area contributed by atoms with Crippen LogP contribution in [0.15, 0.2) is 48.5 Å². The van der Waals surface area contributed by atoms with E-state index < -0.39 is 17.5 Å². The van der Waals surface area contributed by atoms with Gasteiger partial charge in [0.2, 0.25) is 0 Å². The number of rotatable bonds is 4. The maximum atomic E-state index is 13.3. The number of H-pyrrole nitrogens is 1. The SMILES string of the molecule is O=C(NC1CCN(c2cc(-c3ccc(F)cc3)[nH]n2)CC1)c1ccc(F)c(F)c1. The van der Waals surface area contributed by atoms with E-state index in [0.29, 0.717) is 25.9 Å². The molecule has 4 rings (SSSR count). The predicted octanol–water partition coefficient (Wildman–Crippen LogP) is 3.89. The van der Waals surface area contributed by atoms with Gasteiger partial charge in [0.1, 0.15) is 5.82 Å². The van der Waals surface area contributed by atoms with E-state index in [1.807, 2.05) is 6.07 Å². The first kappa shape index (κ1) is 19.0. The molecule has 150 valence electrons. The fourth-order valence-corrected chi connectivity index (χ4v) is 3.41. The number of amides is 1. The standard InChI is InChI=1S/C21H19F3N4O/c22-15-4-1-13(2-5-15)19-12-20(27-26-19)28-9-7-16(8-10-28)25-21(29)14-3-6-17(23)18(24)11-14/h1-6,11-12,16H,7-10H2,(H,25,29)(H,26,27). The third-order valence-corrected chi connectivity index (χ3v) is 5.06. The van der Waals surface area contributed by atoms with Gasteiger partial charge in [-0.15, -0.1) is 0 Å². The summed E-state index contributed by atoms with van der Waals surface area (Å²) in [5.74, 6) is -1.94. The molecular formula is C21H19F3N4O. The van der Waals surface area contributed by atoms with Crippen molar-refractivity contribution in [3.63, 3.8) is 0 Å². The molecule has 0 spiro atoms. The Labute approximate surface area is 165 Å². The number of piperidine rings is 1. The summed E-state index contributed by atoms with van der Waals surface area (Å²) >= 11 is 0. The average molecular weight is 400 g/mol. The Kier molecular flexibility index (Phi) is 5.24. The fourth-order valence-electron chi connectivity index (χ4n) is 3.41. The molecule has 1 aliphatic heterocycles. The minimum absolute atomic E-state index is 0.0534. The molecule has 8 heteroatoms. The van der Waals surface area contributed by atoms with Gasteiger partial charge in [0, 0.05) is 30.8 Å². The summed E-state index contributed by atoms with van der Waals surface area (Å²) in [6.07, 6.45) is 1.41. The number of benzene rings is 2. The molecule has 0 unspecified atom stereocenters. The lowest BCUT2D eigenvalue weighted by Gasteiger charge is -2.32. The average Bonchev–Trinajstić information content (AvgIpc) is 3.21. The minimum atomic E-state index is -1.04. The third kappa shape index (κ3) is 4.26. The molecule has 0 aliphatic carbocycles. The Bertz CT molecular complexity index is 1010. The van der Waals surface area contributed by atoms with E-state index in [4.69, 9.17) is 0 Å². The van der Waals surface area contributed by atoms with Crippen molar-refractivity contribution in [2.24, 2.45) is 0 Å². The van der Waals surface area contributed by atoms with Crippen LogP contribution in [-0.4, -0.2) is 35.2 Å². The van der Waals surface area contributed by atoms with Crippen molar-refractivity contribution < 1.29 is 18.0 Å². The molecule has 1 fully saturated rings. The number of carbonyl (C=O) groups is 1. The molecule has 0 bridgehead atoms. The summed E-state index contributed by atoms with van der Waals surface area (Å²) in [6, 6.07) is 11.1. The number of nitrogens with one attached hydrogen (secondary N) is 2. The van der Waals surface area contributed by atoms with E-state index in [1.165, 1.54) is 18.2 Å². The number of carbonyl (C=O) groups excluding carboxylic acids is 1. The van der Waals surface area contributed by atoms with E-state index >= 15 is 0 Å². The second-order valence-electron chi connectivity index (χ2n) is 7.01. The van der Waals surface area contributed by atoms with Gasteiger partial charge in [-0.2, -0.15) is 5.10 Å². The van der Waals surface area contributed by atoms with Gasteiger partial charge in [-0.1, -0.05) is 0 Å². The van der Waals surface area contributed by atoms with E-state index in [0.717, 1.165) is 29.2 Å². The predicted molar refractivity (Wildman–Crippen MR) is 103 cm³/mol. The van der Waals surface area contributed by atoms with Crippen molar-refractivity contribution in [3.8, 4) is 11.3 Å². The number of hydrogen-bond acceptors (Lipinski definition) is 3. The molecule has 1 aliphatic rings. The Hall–Kier alpha value is -3.29. The van der Waals surface area contributed by atoms with Gasteiger partial charge >= 0.3 is 0 Å². The van der Waals surface area contributed by atoms with E-state index in [-0.39, 0.29) is 17.4 Å². The van der Waals surface area contributed by atoms with Crippen LogP contribution in [0.4, 0.5) is 19.0 Å². The molecule has 1 amide bonds. The highest BCUT2D eigenvalue weighted by Gasteiger charge is 2.23. The van der Waals surface area contributed by atoms with Gasteiger partial charge in [-0.3, -0.25) is 9.89 Å². The Morgan fingerprint density at radius 1 is 1.00 bits per heavy atom. The molecule has 29 heavy (non-hydrogen) atoms. The first-order valence-corrected chi connectivity index (χ1v) is 9.32. The highest BCUT2D eigenvalue weighted by Crippen LogP contribution is 2.24. The monoisotopic (exact) mass is 400 g/mol. The number of nitrogens with zero attached hydrogens (tertiary/aromatic N) is 2. The van der Waals surface area contributed by atoms with E-state index in [2.05, 4.69) is 20.4 Å². The first-order valence-electron chi connectivity index (χ1n) is 9.32. The van der Waals surface area contributed by atoms with Gasteiger partial charge in [-0.05, 0) is 60.9 Å². The highest BCUT2D eigenvalue weighted by molar-refractivity contribution is 5.94. The van der Waals surface area contributed by atoms with Crippen LogP contribution in [0.1, 0.15) is 23.2 Å². The summed E-state index contributed by atoms with van der Waals surface area (Å²) < 4.78 is 39.4. The Morgan fingerprint density at radius 3 is 2.41 bits per heavy atom. The number of anilines is 1. The summed E-state index contributed by atoms with van der Waals surface area (Å²) in [6.45, 7) is 1.38. The number of aromatic amines is 1. The molecule has 1 aromatic heterocycles. The third-order valence-electron chi connectivity index (χ3n) is 5.06. The van der Waals surface area contributed by atoms with Crippen LogP contribution < -0.4 is 10.2 Å². The van der Waals surface area contributed by atoms with Crippen molar-refractivity contribution in [1.29, 1.82) is 0 Å². The van der Waals surface area contributed by atoms with Crippen molar-refractivity contribution in [1.82, 2.24) is 15.5 Å². The van der Waals surface area contributed by atoms with Crippen molar-refractivity contribution in [2.75, 3.05) is 18.0 Å². The van der Waals surface area contributed by atoms with Crippen LogP contribution in [0, 0.1) is 17.5 Å². The Balaban J connectivity index is 1.34. The fraction of sp³-hybridized carbons (Fsp3) is 0.238. The largest absolute Gasteiger partial charge is 0.355 e. The number of hydrogen-bond donors (Lipinski definition) is 2. The normalized spacial score (nSPS) is 14.8. The van der Waals surface area contributed by atoms with Crippen LogP contribution in [-0.2, 0) is 0 Å². The van der Waals surface area contributed by atoms with E-state index in [9.17, 15) is 18.0 Å². The second-order valence-corrected chi connectivity index (χ2v) is 7.01. The summed E-state index contributed by atoms with van der Waals surface area (Å²) in [7, 11) is 0. The highest BCUT2D eigenvalue weighted by atomic mass is 19.2. The second kappa shape index (κ2) is 7.98. The van der Waals surface area contributed by atoms with Crippen LogP contribution in [0.3, 0.4) is 0 Å². The maximum absolute atomic E-state index is 13.3. The van der Waals surface area contributed by atoms with Crippen molar-refractivity contribution in [2.45, 2.75) is 18.9 Å². The van der Waals surface area contributed by atoms with Gasteiger partial charge in [0.15, 0.2) is 17.5 Å². The molecule has 2 heterocycles. The smallest absolute Gasteiger partial charge is 0.251 e. The summed E-state index contributed by atoms with van der Waals surface area (Å²) in [4.78, 5) is 14.4. The van der Waals surface area contributed by atoms with Gasteiger partial charge < -0.3 is 10.2 Å². The molecule has 0 saturated carbocycles. The van der Waals surface area contributed by atoms with Gasteiger partial charge in [-0.25, -0.2) is 13.2 Å². The molecule has 2 N–H and O–H groups in total. The number of aromatic nitrogens is 2. The van der Waals surface area contributed by atoms with Crippen LogP contribution >= 0.6 is 0 Å². The Morgan fingerprint density at radius 2 is 1.72 bits per heavy atom. The summed E-state index contributed by atoms with van der Waals surface area (Å²) in [5, 5.41) is 10.2. The topological polar surface area (TPSA) is 61.0 Å². The molecule has 0 atom stereocenters. The zero-order valence-corrected chi connectivity index (χ0v) is 15.5. The van der Waals surface area contributed by atoms with Gasteiger partial charge in [0.05, 0.1) is 5.69 Å². The lowest BCUT2D eigenvalue weighted by Crippen LogP contribution is -2.44. The zero-order valence-electron chi connectivity index (χ0n) is 15.5. The summed E-state index contributed by atoms with van der Waals surface area (Å²) in [5.41, 5.74) is 1.75. The maximum Gasteiger partial charge on any atom is 0.251 e. The van der Waals surface area contributed by atoms with Crippen LogP contribution in [0.5, 0.6) is 0 Å². The molecule has 0 radical (unpaired) electrons. The van der Waals surface area contributed by atoms with Crippen molar-refractivity contribution >= 4 is 11.7 Å².